The highest BCUT2D eigenvalue weighted by Crippen LogP contribution is 2.38. The Balaban J connectivity index is 1.68. The molecular formula is C19H15Cl2NO4. The number of amides is 1. The highest BCUT2D eigenvalue weighted by molar-refractivity contribution is 6.40. The summed E-state index contributed by atoms with van der Waals surface area (Å²) >= 11 is 12.1. The lowest BCUT2D eigenvalue weighted by molar-refractivity contribution is 0.00497. The van der Waals surface area contributed by atoms with Crippen molar-refractivity contribution in [1.29, 1.82) is 0 Å². The molecule has 2 aromatic carbocycles. The molecule has 1 heterocycles. The molecule has 0 aliphatic heterocycles. The number of benzene rings is 2. The molecule has 7 heteroatoms. The van der Waals surface area contributed by atoms with Crippen molar-refractivity contribution in [2.24, 2.45) is 0 Å². The van der Waals surface area contributed by atoms with Crippen LogP contribution in [0.3, 0.4) is 0 Å². The number of furan rings is 1. The maximum Gasteiger partial charge on any atom is 0.258 e. The van der Waals surface area contributed by atoms with Crippen molar-refractivity contribution in [2.75, 3.05) is 5.32 Å². The van der Waals surface area contributed by atoms with Crippen LogP contribution in [0, 0.1) is 0 Å². The summed E-state index contributed by atoms with van der Waals surface area (Å²) in [6.45, 7) is 0. The first kappa shape index (κ1) is 17.4. The van der Waals surface area contributed by atoms with E-state index in [1.165, 1.54) is 0 Å². The van der Waals surface area contributed by atoms with E-state index in [2.05, 4.69) is 5.32 Å². The van der Waals surface area contributed by atoms with Gasteiger partial charge in [-0.15, -0.1) is 0 Å². The molecule has 2 atom stereocenters. The summed E-state index contributed by atoms with van der Waals surface area (Å²) in [4.78, 5) is 12.5. The lowest BCUT2D eigenvalue weighted by Crippen LogP contribution is -2.23. The Hall–Kier alpha value is -2.05. The average molecular weight is 392 g/mol. The van der Waals surface area contributed by atoms with Crippen LogP contribution in [0.25, 0.3) is 11.0 Å². The highest BCUT2D eigenvalue weighted by atomic mass is 35.5. The van der Waals surface area contributed by atoms with E-state index >= 15 is 0 Å². The highest BCUT2D eigenvalue weighted by Gasteiger charge is 2.31. The van der Waals surface area contributed by atoms with Gasteiger partial charge in [0.1, 0.15) is 17.4 Å². The average Bonchev–Trinajstić information content (AvgIpc) is 2.96. The van der Waals surface area contributed by atoms with E-state index in [-0.39, 0.29) is 15.6 Å². The second kappa shape index (κ2) is 6.59. The quantitative estimate of drug-likeness (QED) is 0.606. The molecule has 0 radical (unpaired) electrons. The van der Waals surface area contributed by atoms with Crippen LogP contribution in [0.1, 0.15) is 34.2 Å². The van der Waals surface area contributed by atoms with Crippen molar-refractivity contribution in [3.8, 4) is 0 Å². The number of hydrogen-bond acceptors (Lipinski definition) is 4. The topological polar surface area (TPSA) is 82.7 Å². The van der Waals surface area contributed by atoms with E-state index in [0.717, 1.165) is 5.39 Å². The molecule has 5 nitrogen and oxygen atoms in total. The minimum absolute atomic E-state index is 0.202. The number of anilines is 1. The zero-order valence-corrected chi connectivity index (χ0v) is 15.0. The van der Waals surface area contributed by atoms with Crippen LogP contribution in [-0.4, -0.2) is 22.2 Å². The van der Waals surface area contributed by atoms with Gasteiger partial charge in [-0.2, -0.15) is 0 Å². The molecule has 26 heavy (non-hydrogen) atoms. The molecule has 0 saturated carbocycles. The predicted molar refractivity (Wildman–Crippen MR) is 99.9 cm³/mol. The Bertz CT molecular complexity index is 994. The van der Waals surface area contributed by atoms with Gasteiger partial charge < -0.3 is 19.9 Å². The zero-order chi connectivity index (χ0) is 18.4. The number of halogens is 2. The number of carbonyl (C=O) groups excluding carboxylic acids is 1. The number of aliphatic hydroxyl groups excluding tert-OH is 2. The molecule has 3 N–H and O–H groups in total. The van der Waals surface area contributed by atoms with E-state index in [1.807, 2.05) is 0 Å². The summed E-state index contributed by atoms with van der Waals surface area (Å²) in [6.07, 6.45) is -0.769. The number of aliphatic hydroxyl groups is 2. The zero-order valence-electron chi connectivity index (χ0n) is 13.5. The van der Waals surface area contributed by atoms with Crippen molar-refractivity contribution in [3.05, 3.63) is 63.3 Å². The maximum absolute atomic E-state index is 12.5. The molecule has 1 aliphatic carbocycles. The number of hydrogen-bond donors (Lipinski definition) is 3. The van der Waals surface area contributed by atoms with Gasteiger partial charge in [-0.1, -0.05) is 29.3 Å². The van der Waals surface area contributed by atoms with E-state index in [4.69, 9.17) is 27.6 Å². The Morgan fingerprint density at radius 1 is 1.15 bits per heavy atom. The number of nitrogens with one attached hydrogen (secondary N) is 1. The molecule has 1 aromatic heterocycles. The van der Waals surface area contributed by atoms with Crippen LogP contribution in [-0.2, 0) is 6.42 Å². The number of rotatable bonds is 2. The van der Waals surface area contributed by atoms with Crippen LogP contribution in [0.2, 0.25) is 10.0 Å². The normalized spacial score (nSPS) is 19.4. The maximum atomic E-state index is 12.5. The fraction of sp³-hybridized carbons (Fsp3) is 0.211. The largest absolute Gasteiger partial charge is 0.461 e. The Morgan fingerprint density at radius 3 is 2.62 bits per heavy atom. The van der Waals surface area contributed by atoms with Crippen LogP contribution in [0.15, 0.2) is 40.8 Å². The number of aryl methyl sites for hydroxylation is 1. The third kappa shape index (κ3) is 2.87. The van der Waals surface area contributed by atoms with E-state index in [1.54, 1.807) is 36.4 Å². The van der Waals surface area contributed by atoms with Crippen molar-refractivity contribution < 1.29 is 19.4 Å². The lowest BCUT2D eigenvalue weighted by Gasteiger charge is -2.22. The smallest absolute Gasteiger partial charge is 0.258 e. The standard InChI is InChI=1S/C19H15Cl2NO4/c20-11-2-1-3-12(21)17(11)19(25)22-9-4-5-10-15(8-9)26-14-7-6-13(23)18(24)16(10)14/h1-5,8,13,18,23-24H,6-7H2,(H,22,25). The minimum atomic E-state index is -0.970. The molecule has 2 unspecified atom stereocenters. The monoisotopic (exact) mass is 391 g/mol. The van der Waals surface area contributed by atoms with Crippen molar-refractivity contribution in [1.82, 2.24) is 0 Å². The summed E-state index contributed by atoms with van der Waals surface area (Å²) in [5.41, 5.74) is 1.87. The van der Waals surface area contributed by atoms with Gasteiger partial charge in [-0.25, -0.2) is 0 Å². The first-order valence-electron chi connectivity index (χ1n) is 8.12. The summed E-state index contributed by atoms with van der Waals surface area (Å²) in [6, 6.07) is 9.99. The molecule has 1 aliphatic rings. The van der Waals surface area contributed by atoms with Crippen LogP contribution in [0.4, 0.5) is 5.69 Å². The van der Waals surface area contributed by atoms with Crippen molar-refractivity contribution in [3.63, 3.8) is 0 Å². The van der Waals surface area contributed by atoms with E-state index < -0.39 is 18.1 Å². The number of fused-ring (bicyclic) bond motifs is 3. The molecule has 0 saturated heterocycles. The minimum Gasteiger partial charge on any atom is -0.461 e. The summed E-state index contributed by atoms with van der Waals surface area (Å²) < 4.78 is 5.81. The predicted octanol–water partition coefficient (Wildman–Crippen LogP) is 4.33. The van der Waals surface area contributed by atoms with Gasteiger partial charge in [0.15, 0.2) is 0 Å². The second-order valence-electron chi connectivity index (χ2n) is 6.25. The molecule has 3 aromatic rings. The Kier molecular flexibility index (Phi) is 4.40. The van der Waals surface area contributed by atoms with Crippen molar-refractivity contribution in [2.45, 2.75) is 25.0 Å². The van der Waals surface area contributed by atoms with E-state index in [9.17, 15) is 15.0 Å². The van der Waals surface area contributed by atoms with Crippen LogP contribution in [0.5, 0.6) is 0 Å². The molecule has 0 spiro atoms. The Morgan fingerprint density at radius 2 is 1.88 bits per heavy atom. The van der Waals surface area contributed by atoms with Gasteiger partial charge in [0.05, 0.1) is 21.7 Å². The second-order valence-corrected chi connectivity index (χ2v) is 7.07. The lowest BCUT2D eigenvalue weighted by atomic mass is 9.91. The van der Waals surface area contributed by atoms with E-state index in [0.29, 0.717) is 35.4 Å². The van der Waals surface area contributed by atoms with Crippen LogP contribution >= 0.6 is 23.2 Å². The molecule has 1 amide bonds. The molecular weight excluding hydrogens is 377 g/mol. The SMILES string of the molecule is O=C(Nc1ccc2c3c(oc2c1)CCC(O)C3O)c1c(Cl)cccc1Cl. The fourth-order valence-electron chi connectivity index (χ4n) is 3.29. The molecule has 0 bridgehead atoms. The third-order valence-corrected chi connectivity index (χ3v) is 5.21. The fourth-order valence-corrected chi connectivity index (χ4v) is 3.86. The first-order valence-corrected chi connectivity index (χ1v) is 8.88. The summed E-state index contributed by atoms with van der Waals surface area (Å²) in [7, 11) is 0. The van der Waals surface area contributed by atoms with Gasteiger partial charge in [0.25, 0.3) is 5.91 Å². The molecule has 134 valence electrons. The molecule has 4 rings (SSSR count). The van der Waals surface area contributed by atoms with Gasteiger partial charge in [0, 0.05) is 29.1 Å². The summed E-state index contributed by atoms with van der Waals surface area (Å²) in [5.74, 6) is 0.238. The number of carbonyl (C=O) groups is 1. The molecule has 0 fully saturated rings. The van der Waals surface area contributed by atoms with Crippen LogP contribution < -0.4 is 5.32 Å². The van der Waals surface area contributed by atoms with Gasteiger partial charge in [-0.3, -0.25) is 4.79 Å². The first-order chi connectivity index (χ1) is 12.5. The summed E-state index contributed by atoms with van der Waals surface area (Å²) in [5, 5.41) is 24.1. The Labute approximate surface area is 159 Å². The third-order valence-electron chi connectivity index (χ3n) is 4.58. The van der Waals surface area contributed by atoms with Gasteiger partial charge in [0.2, 0.25) is 0 Å². The van der Waals surface area contributed by atoms with Gasteiger partial charge >= 0.3 is 0 Å². The van der Waals surface area contributed by atoms with Gasteiger partial charge in [-0.05, 0) is 30.7 Å². The van der Waals surface area contributed by atoms with Crippen molar-refractivity contribution >= 4 is 45.8 Å².